The van der Waals surface area contributed by atoms with Gasteiger partial charge >= 0.3 is 0 Å². The van der Waals surface area contributed by atoms with E-state index in [1.165, 1.54) is 5.56 Å². The monoisotopic (exact) mass is 440 g/mol. The van der Waals surface area contributed by atoms with Crippen LogP contribution in [0.25, 0.3) is 0 Å². The summed E-state index contributed by atoms with van der Waals surface area (Å²) in [7, 11) is 0. The quantitative estimate of drug-likeness (QED) is 0.689. The van der Waals surface area contributed by atoms with Gasteiger partial charge in [-0.15, -0.1) is 0 Å². The maximum absolute atomic E-state index is 12.5. The molecule has 0 aliphatic carbocycles. The van der Waals surface area contributed by atoms with Gasteiger partial charge in [-0.25, -0.2) is 0 Å². The molecule has 0 aromatic heterocycles. The number of carbonyl (C=O) groups is 1. The van der Waals surface area contributed by atoms with E-state index in [0.717, 1.165) is 29.8 Å². The van der Waals surface area contributed by atoms with Crippen LogP contribution in [0.15, 0.2) is 36.4 Å². The Hall–Kier alpha value is -2.77. The fourth-order valence-electron chi connectivity index (χ4n) is 4.29. The number of hydrogen-bond acceptors (Lipinski definition) is 6. The van der Waals surface area contributed by atoms with E-state index in [0.29, 0.717) is 44.0 Å². The molecule has 2 aromatic rings. The lowest BCUT2D eigenvalue weighted by atomic mass is 9.96. The highest BCUT2D eigenvalue weighted by molar-refractivity contribution is 5.78. The van der Waals surface area contributed by atoms with Crippen LogP contribution in [0.1, 0.15) is 36.0 Å². The van der Waals surface area contributed by atoms with Crippen LogP contribution in [0.2, 0.25) is 0 Å². The number of carbonyl (C=O) groups excluding carboxylic acids is 1. The zero-order chi connectivity index (χ0) is 22.6. The lowest BCUT2D eigenvalue weighted by molar-refractivity contribution is -0.122. The number of aryl methyl sites for hydroxylation is 2. The topological polar surface area (TPSA) is 80.3 Å². The van der Waals surface area contributed by atoms with Crippen molar-refractivity contribution in [2.75, 3.05) is 33.0 Å². The summed E-state index contributed by atoms with van der Waals surface area (Å²) in [6, 6.07) is 11.7. The van der Waals surface area contributed by atoms with Crippen molar-refractivity contribution in [3.63, 3.8) is 0 Å². The molecule has 1 fully saturated rings. The fraction of sp³-hybridized carbons (Fsp3) is 0.480. The first-order chi connectivity index (χ1) is 15.4. The van der Waals surface area contributed by atoms with Crippen molar-refractivity contribution < 1.29 is 24.1 Å². The molecule has 2 aromatic carbocycles. The van der Waals surface area contributed by atoms with Gasteiger partial charge < -0.3 is 24.6 Å². The van der Waals surface area contributed by atoms with Gasteiger partial charge in [0.1, 0.15) is 12.4 Å². The summed E-state index contributed by atoms with van der Waals surface area (Å²) in [5.74, 6) is 2.19. The van der Waals surface area contributed by atoms with E-state index in [4.69, 9.17) is 14.2 Å². The minimum Gasteiger partial charge on any atom is -0.490 e. The number of benzene rings is 2. The van der Waals surface area contributed by atoms with Crippen LogP contribution in [0.3, 0.4) is 0 Å². The van der Waals surface area contributed by atoms with E-state index in [-0.39, 0.29) is 19.3 Å². The number of amides is 1. The van der Waals surface area contributed by atoms with Gasteiger partial charge in [0.2, 0.25) is 12.7 Å². The van der Waals surface area contributed by atoms with Gasteiger partial charge in [-0.1, -0.05) is 29.8 Å². The Balaban J connectivity index is 1.25. The molecule has 2 N–H and O–H groups in total. The number of likely N-dealkylation sites (tertiary alicyclic amines) is 1. The number of para-hydroxylation sites is 1. The van der Waals surface area contributed by atoms with Gasteiger partial charge in [-0.2, -0.15) is 0 Å². The highest BCUT2D eigenvalue weighted by atomic mass is 16.7. The van der Waals surface area contributed by atoms with Gasteiger partial charge in [0.05, 0.1) is 12.1 Å². The van der Waals surface area contributed by atoms with Crippen molar-refractivity contribution in [2.45, 2.75) is 45.3 Å². The molecule has 1 saturated heterocycles. The summed E-state index contributed by atoms with van der Waals surface area (Å²) in [5.41, 5.74) is 2.28. The molecule has 0 radical (unpaired) electrons. The Kier molecular flexibility index (Phi) is 6.86. The molecule has 172 valence electrons. The number of hydrogen-bond donors (Lipinski definition) is 2. The Labute approximate surface area is 189 Å². The summed E-state index contributed by atoms with van der Waals surface area (Å²) in [4.78, 5) is 14.6. The number of nitrogens with zero attached hydrogens (tertiary/aromatic N) is 1. The highest BCUT2D eigenvalue weighted by Gasteiger charge is 2.31. The molecule has 0 spiro atoms. The van der Waals surface area contributed by atoms with Crippen molar-refractivity contribution in [3.8, 4) is 17.2 Å². The predicted octanol–water partition coefficient (Wildman–Crippen LogP) is 2.94. The van der Waals surface area contributed by atoms with Gasteiger partial charge in [0.15, 0.2) is 11.5 Å². The average Bonchev–Trinajstić information content (AvgIpc) is 3.17. The van der Waals surface area contributed by atoms with E-state index >= 15 is 0 Å². The molecule has 1 amide bonds. The molecule has 2 aliphatic rings. The van der Waals surface area contributed by atoms with Crippen LogP contribution in [0.5, 0.6) is 17.2 Å². The minimum absolute atomic E-state index is 0.0431. The van der Waals surface area contributed by atoms with Gasteiger partial charge in [0.25, 0.3) is 0 Å². The Morgan fingerprint density at radius 2 is 2.06 bits per heavy atom. The molecule has 7 heteroatoms. The molecule has 0 saturated carbocycles. The second-order valence-corrected chi connectivity index (χ2v) is 8.84. The van der Waals surface area contributed by atoms with Crippen LogP contribution < -0.4 is 19.5 Å². The number of rotatable bonds is 7. The maximum atomic E-state index is 12.5. The normalized spacial score (nSPS) is 20.6. The van der Waals surface area contributed by atoms with E-state index in [2.05, 4.69) is 23.2 Å². The summed E-state index contributed by atoms with van der Waals surface area (Å²) < 4.78 is 16.8. The minimum atomic E-state index is -0.884. The van der Waals surface area contributed by atoms with Crippen molar-refractivity contribution in [3.05, 3.63) is 53.1 Å². The highest BCUT2D eigenvalue weighted by Crippen LogP contribution is 2.35. The summed E-state index contributed by atoms with van der Waals surface area (Å²) in [6.45, 7) is 6.67. The smallest absolute Gasteiger partial charge is 0.234 e. The summed E-state index contributed by atoms with van der Waals surface area (Å²) in [6.07, 6.45) is 2.05. The molecule has 32 heavy (non-hydrogen) atoms. The summed E-state index contributed by atoms with van der Waals surface area (Å²) in [5, 5.41) is 14.0. The van der Waals surface area contributed by atoms with Crippen LogP contribution in [-0.2, 0) is 11.3 Å². The molecule has 2 aliphatic heterocycles. The van der Waals surface area contributed by atoms with Crippen LogP contribution in [0, 0.1) is 13.8 Å². The van der Waals surface area contributed by atoms with Crippen molar-refractivity contribution in [1.82, 2.24) is 10.2 Å². The number of fused-ring (bicyclic) bond motifs is 1. The third-order valence-electron chi connectivity index (χ3n) is 6.16. The Bertz CT molecular complexity index is 963. The maximum Gasteiger partial charge on any atom is 0.234 e. The SMILES string of the molecule is Cc1ccc(OC[C@@]2(O)CCCN(CC(=O)NCc3cccc4c3OCO4)CC2)c(C)c1. The van der Waals surface area contributed by atoms with Crippen molar-refractivity contribution >= 4 is 5.91 Å². The molecule has 1 atom stereocenters. The van der Waals surface area contributed by atoms with Gasteiger partial charge in [0, 0.05) is 18.7 Å². The van der Waals surface area contributed by atoms with E-state index in [1.807, 2.05) is 37.3 Å². The standard InChI is InChI=1S/C25H32N2O5/c1-18-7-8-21(19(2)13-18)30-16-25(29)9-4-11-27(12-10-25)15-23(28)26-14-20-5-3-6-22-24(20)32-17-31-22/h3,5-8,13,29H,4,9-12,14-17H2,1-2H3,(H,26,28)/t25-/m1/s1. The van der Waals surface area contributed by atoms with E-state index in [9.17, 15) is 9.90 Å². The molecular weight excluding hydrogens is 408 g/mol. The molecule has 2 heterocycles. The predicted molar refractivity (Wildman–Crippen MR) is 121 cm³/mol. The lowest BCUT2D eigenvalue weighted by Crippen LogP contribution is -2.40. The zero-order valence-electron chi connectivity index (χ0n) is 18.9. The number of ether oxygens (including phenoxy) is 3. The zero-order valence-corrected chi connectivity index (χ0v) is 18.9. The molecule has 0 unspecified atom stereocenters. The van der Waals surface area contributed by atoms with Crippen molar-refractivity contribution in [1.29, 1.82) is 0 Å². The number of nitrogens with one attached hydrogen (secondary N) is 1. The Morgan fingerprint density at radius 3 is 2.91 bits per heavy atom. The lowest BCUT2D eigenvalue weighted by Gasteiger charge is -2.27. The first-order valence-corrected chi connectivity index (χ1v) is 11.2. The van der Waals surface area contributed by atoms with E-state index < -0.39 is 5.60 Å². The summed E-state index contributed by atoms with van der Waals surface area (Å²) >= 11 is 0. The van der Waals surface area contributed by atoms with Crippen LogP contribution >= 0.6 is 0 Å². The first kappa shape index (κ1) is 22.4. The fourth-order valence-corrected chi connectivity index (χ4v) is 4.29. The van der Waals surface area contributed by atoms with Gasteiger partial charge in [-0.05, 0) is 57.4 Å². The van der Waals surface area contributed by atoms with Crippen molar-refractivity contribution in [2.24, 2.45) is 0 Å². The number of aliphatic hydroxyl groups is 1. The van der Waals surface area contributed by atoms with Crippen LogP contribution in [-0.4, -0.2) is 54.5 Å². The average molecular weight is 441 g/mol. The first-order valence-electron chi connectivity index (χ1n) is 11.2. The van der Waals surface area contributed by atoms with Gasteiger partial charge in [-0.3, -0.25) is 9.69 Å². The third-order valence-corrected chi connectivity index (χ3v) is 6.16. The molecule has 7 nitrogen and oxygen atoms in total. The second-order valence-electron chi connectivity index (χ2n) is 8.84. The largest absolute Gasteiger partial charge is 0.490 e. The third kappa shape index (κ3) is 5.53. The Morgan fingerprint density at radius 1 is 1.19 bits per heavy atom. The van der Waals surface area contributed by atoms with Crippen LogP contribution in [0.4, 0.5) is 0 Å². The molecule has 4 rings (SSSR count). The molecule has 0 bridgehead atoms. The van der Waals surface area contributed by atoms with E-state index in [1.54, 1.807) is 0 Å². The second kappa shape index (κ2) is 9.79. The molecular formula is C25H32N2O5.